The Morgan fingerprint density at radius 3 is 3.00 bits per heavy atom. The number of benzene rings is 1. The summed E-state index contributed by atoms with van der Waals surface area (Å²) in [5.41, 5.74) is 7.55. The van der Waals surface area contributed by atoms with Gasteiger partial charge in [-0.05, 0) is 23.8 Å². The third-order valence-corrected chi connectivity index (χ3v) is 3.13. The zero-order valence-electron chi connectivity index (χ0n) is 9.44. The molecule has 0 aliphatic carbocycles. The van der Waals surface area contributed by atoms with Crippen molar-refractivity contribution in [2.24, 2.45) is 5.73 Å². The smallest absolute Gasteiger partial charge is 0.124 e. The maximum atomic E-state index is 13.5. The van der Waals surface area contributed by atoms with E-state index in [9.17, 15) is 4.39 Å². The minimum absolute atomic E-state index is 0.203. The molecule has 2 N–H and O–H groups in total. The Labute approximate surface area is 99.1 Å². The Hall–Kier alpha value is -1.52. The molecule has 0 radical (unpaired) electrons. The second-order valence-corrected chi connectivity index (χ2v) is 4.59. The summed E-state index contributed by atoms with van der Waals surface area (Å²) >= 11 is 0. The molecular formula is C13H14FN3. The largest absolute Gasteiger partial charge is 0.325 e. The van der Waals surface area contributed by atoms with Gasteiger partial charge in [-0.15, -0.1) is 0 Å². The Bertz CT molecular complexity index is 549. The van der Waals surface area contributed by atoms with Crippen molar-refractivity contribution in [2.75, 3.05) is 13.1 Å². The molecule has 3 nitrogen and oxygen atoms in total. The fourth-order valence-electron chi connectivity index (χ4n) is 2.33. The van der Waals surface area contributed by atoms with Crippen molar-refractivity contribution in [1.29, 1.82) is 0 Å². The Morgan fingerprint density at radius 2 is 2.24 bits per heavy atom. The molecule has 2 aromatic rings. The van der Waals surface area contributed by atoms with Crippen LogP contribution in [0, 0.1) is 5.82 Å². The van der Waals surface area contributed by atoms with Crippen molar-refractivity contribution in [3.63, 3.8) is 0 Å². The average molecular weight is 231 g/mol. The lowest BCUT2D eigenvalue weighted by Crippen LogP contribution is -2.54. The topological polar surface area (TPSA) is 42.1 Å². The Balaban J connectivity index is 1.97. The summed E-state index contributed by atoms with van der Waals surface area (Å²) < 4.78 is 13.5. The summed E-state index contributed by atoms with van der Waals surface area (Å²) in [4.78, 5) is 6.53. The third kappa shape index (κ3) is 2.01. The highest BCUT2D eigenvalue weighted by Gasteiger charge is 2.23. The van der Waals surface area contributed by atoms with Gasteiger partial charge in [0.05, 0.1) is 5.52 Å². The SMILES string of the molecule is NC1CN(Cc2cc(F)cc3cccnc23)C1. The molecule has 1 aromatic heterocycles. The second kappa shape index (κ2) is 4.05. The van der Waals surface area contributed by atoms with Crippen LogP contribution in [-0.2, 0) is 6.54 Å². The average Bonchev–Trinajstić information content (AvgIpc) is 2.26. The molecule has 1 aliphatic heterocycles. The van der Waals surface area contributed by atoms with Gasteiger partial charge in [0.1, 0.15) is 5.82 Å². The summed E-state index contributed by atoms with van der Waals surface area (Å²) in [6, 6.07) is 7.07. The van der Waals surface area contributed by atoms with Crippen LogP contribution in [0.15, 0.2) is 30.5 Å². The number of rotatable bonds is 2. The molecule has 1 aromatic carbocycles. The molecule has 0 bridgehead atoms. The Morgan fingerprint density at radius 1 is 1.41 bits per heavy atom. The molecule has 0 atom stereocenters. The molecule has 4 heteroatoms. The fourth-order valence-corrected chi connectivity index (χ4v) is 2.33. The molecule has 88 valence electrons. The van der Waals surface area contributed by atoms with Crippen molar-refractivity contribution in [2.45, 2.75) is 12.6 Å². The molecule has 0 unspecified atom stereocenters. The normalized spacial score (nSPS) is 17.3. The monoisotopic (exact) mass is 231 g/mol. The first-order valence-electron chi connectivity index (χ1n) is 5.73. The molecule has 3 rings (SSSR count). The van der Waals surface area contributed by atoms with Crippen LogP contribution in [0.25, 0.3) is 10.9 Å². The lowest BCUT2D eigenvalue weighted by Gasteiger charge is -2.36. The fraction of sp³-hybridized carbons (Fsp3) is 0.308. The van der Waals surface area contributed by atoms with Crippen molar-refractivity contribution in [3.05, 3.63) is 41.8 Å². The summed E-state index contributed by atoms with van der Waals surface area (Å²) in [5, 5.41) is 0.854. The number of hydrogen-bond acceptors (Lipinski definition) is 3. The number of nitrogens with zero attached hydrogens (tertiary/aromatic N) is 2. The van der Waals surface area contributed by atoms with Crippen LogP contribution in [0.1, 0.15) is 5.56 Å². The van der Waals surface area contributed by atoms with E-state index in [2.05, 4.69) is 9.88 Å². The lowest BCUT2D eigenvalue weighted by atomic mass is 10.1. The number of aromatic nitrogens is 1. The van der Waals surface area contributed by atoms with Crippen LogP contribution in [0.4, 0.5) is 4.39 Å². The van der Waals surface area contributed by atoms with Gasteiger partial charge in [0.2, 0.25) is 0 Å². The Kier molecular flexibility index (Phi) is 2.53. The third-order valence-electron chi connectivity index (χ3n) is 3.13. The van der Waals surface area contributed by atoms with Crippen LogP contribution >= 0.6 is 0 Å². The van der Waals surface area contributed by atoms with E-state index in [0.717, 1.165) is 36.1 Å². The highest BCUT2D eigenvalue weighted by molar-refractivity contribution is 5.81. The molecule has 0 saturated carbocycles. The maximum Gasteiger partial charge on any atom is 0.124 e. The van der Waals surface area contributed by atoms with Crippen LogP contribution < -0.4 is 5.73 Å². The summed E-state index contributed by atoms with van der Waals surface area (Å²) in [5.74, 6) is -0.203. The van der Waals surface area contributed by atoms with Crippen LogP contribution in [0.2, 0.25) is 0 Å². The van der Waals surface area contributed by atoms with E-state index in [0.29, 0.717) is 0 Å². The first-order valence-corrected chi connectivity index (χ1v) is 5.73. The summed E-state index contributed by atoms with van der Waals surface area (Å²) in [6.07, 6.45) is 1.74. The lowest BCUT2D eigenvalue weighted by molar-refractivity contribution is 0.143. The maximum absolute atomic E-state index is 13.5. The molecule has 2 heterocycles. The molecule has 17 heavy (non-hydrogen) atoms. The molecular weight excluding hydrogens is 217 g/mol. The van der Waals surface area contributed by atoms with E-state index >= 15 is 0 Å². The van der Waals surface area contributed by atoms with E-state index in [-0.39, 0.29) is 11.9 Å². The first-order chi connectivity index (χ1) is 8.22. The quantitative estimate of drug-likeness (QED) is 0.852. The first kappa shape index (κ1) is 10.6. The van der Waals surface area contributed by atoms with E-state index in [1.807, 2.05) is 12.1 Å². The van der Waals surface area contributed by atoms with Crippen molar-refractivity contribution in [3.8, 4) is 0 Å². The number of fused-ring (bicyclic) bond motifs is 1. The number of pyridine rings is 1. The highest BCUT2D eigenvalue weighted by atomic mass is 19.1. The zero-order valence-corrected chi connectivity index (χ0v) is 9.44. The van der Waals surface area contributed by atoms with Crippen molar-refractivity contribution < 1.29 is 4.39 Å². The van der Waals surface area contributed by atoms with Gasteiger partial charge >= 0.3 is 0 Å². The summed E-state index contributed by atoms with van der Waals surface area (Å²) in [6.45, 7) is 2.48. The number of hydrogen-bond donors (Lipinski definition) is 1. The van der Waals surface area contributed by atoms with Crippen LogP contribution in [-0.4, -0.2) is 29.0 Å². The van der Waals surface area contributed by atoms with Gasteiger partial charge in [0.15, 0.2) is 0 Å². The van der Waals surface area contributed by atoms with Gasteiger partial charge in [-0.2, -0.15) is 0 Å². The minimum Gasteiger partial charge on any atom is -0.325 e. The molecule has 1 aliphatic rings. The zero-order chi connectivity index (χ0) is 11.8. The van der Waals surface area contributed by atoms with Crippen molar-refractivity contribution >= 4 is 10.9 Å². The second-order valence-electron chi connectivity index (χ2n) is 4.59. The predicted molar refractivity (Wildman–Crippen MR) is 65.0 cm³/mol. The van der Waals surface area contributed by atoms with Crippen LogP contribution in [0.5, 0.6) is 0 Å². The number of likely N-dealkylation sites (tertiary alicyclic amines) is 1. The van der Waals surface area contributed by atoms with E-state index in [4.69, 9.17) is 5.73 Å². The highest BCUT2D eigenvalue weighted by Crippen LogP contribution is 2.21. The van der Waals surface area contributed by atoms with E-state index in [1.165, 1.54) is 6.07 Å². The number of halogens is 1. The van der Waals surface area contributed by atoms with Gasteiger partial charge in [-0.25, -0.2) is 4.39 Å². The van der Waals surface area contributed by atoms with Crippen LogP contribution in [0.3, 0.4) is 0 Å². The standard InChI is InChI=1S/C13H14FN3/c14-11-4-9-2-1-3-16-13(9)10(5-11)6-17-7-12(15)8-17/h1-5,12H,6-8,15H2. The minimum atomic E-state index is -0.203. The van der Waals surface area contributed by atoms with Gasteiger partial charge in [0, 0.05) is 37.3 Å². The van der Waals surface area contributed by atoms with Crippen molar-refractivity contribution in [1.82, 2.24) is 9.88 Å². The molecule has 0 amide bonds. The molecule has 0 spiro atoms. The van der Waals surface area contributed by atoms with E-state index < -0.39 is 0 Å². The van der Waals surface area contributed by atoms with E-state index in [1.54, 1.807) is 12.3 Å². The predicted octanol–water partition coefficient (Wildman–Crippen LogP) is 1.52. The molecule has 1 fully saturated rings. The van der Waals surface area contributed by atoms with Gasteiger partial charge in [-0.3, -0.25) is 9.88 Å². The van der Waals surface area contributed by atoms with Gasteiger partial charge in [-0.1, -0.05) is 6.07 Å². The summed E-state index contributed by atoms with van der Waals surface area (Å²) in [7, 11) is 0. The number of nitrogens with two attached hydrogens (primary N) is 1. The molecule has 1 saturated heterocycles. The van der Waals surface area contributed by atoms with Gasteiger partial charge in [0.25, 0.3) is 0 Å². The van der Waals surface area contributed by atoms with Gasteiger partial charge < -0.3 is 5.73 Å².